The highest BCUT2D eigenvalue weighted by Gasteiger charge is 2.36. The van der Waals surface area contributed by atoms with Crippen molar-refractivity contribution in [1.29, 1.82) is 0 Å². The van der Waals surface area contributed by atoms with Gasteiger partial charge in [0.05, 0.1) is 23.9 Å². The van der Waals surface area contributed by atoms with E-state index < -0.39 is 6.10 Å². The monoisotopic (exact) mass is 317 g/mol. The molecule has 1 amide bonds. The number of halogens is 1. The Morgan fingerprint density at radius 2 is 2.04 bits per heavy atom. The van der Waals surface area contributed by atoms with Crippen molar-refractivity contribution in [2.75, 3.05) is 6.54 Å². The highest BCUT2D eigenvalue weighted by Crippen LogP contribution is 2.33. The van der Waals surface area contributed by atoms with Gasteiger partial charge in [-0.25, -0.2) is 4.39 Å². The first-order chi connectivity index (χ1) is 11.0. The van der Waals surface area contributed by atoms with Gasteiger partial charge in [0.1, 0.15) is 5.82 Å². The predicted octanol–water partition coefficient (Wildman–Crippen LogP) is 2.55. The summed E-state index contributed by atoms with van der Waals surface area (Å²) >= 11 is 0. The molecule has 0 unspecified atom stereocenters. The van der Waals surface area contributed by atoms with Crippen LogP contribution in [0, 0.1) is 5.82 Å². The number of hydrogen-bond acceptors (Lipinski definition) is 3. The number of β-amino-alcohol motifs (C(OH)–C–C–N with tert-alkyl or cyclic N) is 1. The van der Waals surface area contributed by atoms with Crippen molar-refractivity contribution < 1.29 is 14.3 Å². The zero-order chi connectivity index (χ0) is 16.6. The quantitative estimate of drug-likeness (QED) is 0.946. The Hall–Kier alpha value is -2.21. The van der Waals surface area contributed by atoms with Crippen LogP contribution in [0.25, 0.3) is 0 Å². The third kappa shape index (κ3) is 3.12. The molecule has 0 bridgehead atoms. The van der Waals surface area contributed by atoms with Gasteiger partial charge in [0, 0.05) is 18.8 Å². The molecule has 23 heavy (non-hydrogen) atoms. The number of nitrogens with zero attached hydrogens (tertiary/aromatic N) is 3. The number of hydrogen-bond donors (Lipinski definition) is 1. The average molecular weight is 317 g/mol. The molecule has 1 aliphatic heterocycles. The first kappa shape index (κ1) is 15.7. The van der Waals surface area contributed by atoms with Gasteiger partial charge in [-0.05, 0) is 38.0 Å². The summed E-state index contributed by atoms with van der Waals surface area (Å²) in [5.74, 6) is -0.480. The molecule has 0 spiro atoms. The van der Waals surface area contributed by atoms with Gasteiger partial charge in [-0.3, -0.25) is 9.48 Å². The number of carbonyl (C=O) groups is 1. The van der Waals surface area contributed by atoms with Gasteiger partial charge < -0.3 is 10.0 Å². The summed E-state index contributed by atoms with van der Waals surface area (Å²) in [5, 5.41) is 14.2. The third-order valence-corrected chi connectivity index (χ3v) is 4.17. The van der Waals surface area contributed by atoms with Crippen LogP contribution < -0.4 is 0 Å². The van der Waals surface area contributed by atoms with Crippen LogP contribution in [0.4, 0.5) is 4.39 Å². The summed E-state index contributed by atoms with van der Waals surface area (Å²) in [6, 6.07) is 6.00. The molecule has 122 valence electrons. The number of benzene rings is 1. The van der Waals surface area contributed by atoms with Crippen LogP contribution in [0.5, 0.6) is 0 Å². The molecular weight excluding hydrogens is 297 g/mol. The van der Waals surface area contributed by atoms with E-state index in [0.717, 1.165) is 5.56 Å². The molecule has 1 fully saturated rings. The molecule has 1 aromatic carbocycles. The Balaban J connectivity index is 1.86. The lowest BCUT2D eigenvalue weighted by molar-refractivity contribution is 0.0715. The normalized spacial score (nSPS) is 21.2. The second-order valence-electron chi connectivity index (χ2n) is 6.22. The highest BCUT2D eigenvalue weighted by atomic mass is 19.1. The molecule has 3 rings (SSSR count). The van der Waals surface area contributed by atoms with Crippen LogP contribution >= 0.6 is 0 Å². The van der Waals surface area contributed by atoms with Gasteiger partial charge in [0.2, 0.25) is 0 Å². The van der Waals surface area contributed by atoms with Crippen LogP contribution in [0.3, 0.4) is 0 Å². The minimum absolute atomic E-state index is 0.164. The number of carbonyl (C=O) groups excluding carboxylic acids is 1. The van der Waals surface area contributed by atoms with Crippen molar-refractivity contribution in [3.63, 3.8) is 0 Å². The van der Waals surface area contributed by atoms with Crippen molar-refractivity contribution in [3.05, 3.63) is 53.6 Å². The zero-order valence-corrected chi connectivity index (χ0v) is 13.2. The lowest BCUT2D eigenvalue weighted by Crippen LogP contribution is -2.31. The topological polar surface area (TPSA) is 58.4 Å². The largest absolute Gasteiger partial charge is 0.391 e. The molecule has 2 atom stereocenters. The van der Waals surface area contributed by atoms with E-state index in [-0.39, 0.29) is 30.4 Å². The van der Waals surface area contributed by atoms with Crippen molar-refractivity contribution in [2.45, 2.75) is 38.5 Å². The fourth-order valence-corrected chi connectivity index (χ4v) is 2.94. The second-order valence-corrected chi connectivity index (χ2v) is 6.22. The minimum Gasteiger partial charge on any atom is -0.391 e. The first-order valence-electron chi connectivity index (χ1n) is 7.74. The Bertz CT molecular complexity index is 696. The lowest BCUT2D eigenvalue weighted by atomic mass is 10.0. The van der Waals surface area contributed by atoms with E-state index in [0.29, 0.717) is 12.0 Å². The van der Waals surface area contributed by atoms with E-state index in [1.165, 1.54) is 12.1 Å². The van der Waals surface area contributed by atoms with Gasteiger partial charge in [0.25, 0.3) is 5.91 Å². The van der Waals surface area contributed by atoms with Crippen molar-refractivity contribution >= 4 is 5.91 Å². The minimum atomic E-state index is -0.575. The molecule has 5 nitrogen and oxygen atoms in total. The Morgan fingerprint density at radius 1 is 1.35 bits per heavy atom. The summed E-state index contributed by atoms with van der Waals surface area (Å²) < 4.78 is 14.8. The van der Waals surface area contributed by atoms with Crippen LogP contribution in [-0.2, 0) is 0 Å². The number of likely N-dealkylation sites (tertiary alicyclic amines) is 1. The molecule has 1 aromatic heterocycles. The molecule has 0 radical (unpaired) electrons. The van der Waals surface area contributed by atoms with Crippen LogP contribution in [-0.4, -0.2) is 38.3 Å². The molecule has 6 heteroatoms. The van der Waals surface area contributed by atoms with Gasteiger partial charge in [0.15, 0.2) is 0 Å². The standard InChI is InChI=1S/C17H20FN3O2/c1-11(2)21-9-13(8-19-21)17(23)20-10-15(22)7-16(20)12-3-5-14(18)6-4-12/h3-6,8-9,11,15-16,22H,7,10H2,1-2H3/t15-,16+/m0/s1. The molecule has 2 aromatic rings. The predicted molar refractivity (Wildman–Crippen MR) is 83.4 cm³/mol. The zero-order valence-electron chi connectivity index (χ0n) is 13.2. The van der Waals surface area contributed by atoms with Gasteiger partial charge in [-0.15, -0.1) is 0 Å². The van der Waals surface area contributed by atoms with Gasteiger partial charge in [-0.1, -0.05) is 12.1 Å². The molecule has 1 aliphatic rings. The van der Waals surface area contributed by atoms with E-state index >= 15 is 0 Å². The van der Waals surface area contributed by atoms with Crippen molar-refractivity contribution in [1.82, 2.24) is 14.7 Å². The fraction of sp³-hybridized carbons (Fsp3) is 0.412. The smallest absolute Gasteiger partial charge is 0.257 e. The Kier molecular flexibility index (Phi) is 4.17. The molecule has 1 N–H and O–H groups in total. The maximum Gasteiger partial charge on any atom is 0.257 e. The van der Waals surface area contributed by atoms with Gasteiger partial charge in [-0.2, -0.15) is 5.10 Å². The number of rotatable bonds is 3. The van der Waals surface area contributed by atoms with Crippen LogP contribution in [0.2, 0.25) is 0 Å². The van der Waals surface area contributed by atoms with E-state index in [4.69, 9.17) is 0 Å². The SMILES string of the molecule is CC(C)n1cc(C(=O)N2C[C@@H](O)C[C@@H]2c2ccc(F)cc2)cn1. The summed E-state index contributed by atoms with van der Waals surface area (Å²) in [6.07, 6.45) is 3.15. The maximum absolute atomic E-state index is 13.1. The second kappa shape index (κ2) is 6.12. The summed E-state index contributed by atoms with van der Waals surface area (Å²) in [5.41, 5.74) is 1.33. The average Bonchev–Trinajstić information content (AvgIpc) is 3.14. The summed E-state index contributed by atoms with van der Waals surface area (Å²) in [4.78, 5) is 14.4. The number of amides is 1. The van der Waals surface area contributed by atoms with Crippen molar-refractivity contribution in [2.24, 2.45) is 0 Å². The third-order valence-electron chi connectivity index (χ3n) is 4.17. The van der Waals surface area contributed by atoms with Gasteiger partial charge >= 0.3 is 0 Å². The van der Waals surface area contributed by atoms with E-state index in [9.17, 15) is 14.3 Å². The Labute approximate surface area is 134 Å². The summed E-state index contributed by atoms with van der Waals surface area (Å²) in [7, 11) is 0. The molecule has 1 saturated heterocycles. The molecule has 0 aliphatic carbocycles. The van der Waals surface area contributed by atoms with Crippen LogP contribution in [0.15, 0.2) is 36.7 Å². The maximum atomic E-state index is 13.1. The fourth-order valence-electron chi connectivity index (χ4n) is 2.94. The van der Waals surface area contributed by atoms with E-state index in [1.807, 2.05) is 13.8 Å². The molecule has 2 heterocycles. The van der Waals surface area contributed by atoms with Crippen LogP contribution in [0.1, 0.15) is 48.3 Å². The number of aromatic nitrogens is 2. The van der Waals surface area contributed by atoms with E-state index in [1.54, 1.807) is 34.1 Å². The van der Waals surface area contributed by atoms with E-state index in [2.05, 4.69) is 5.10 Å². The number of aliphatic hydroxyl groups is 1. The molecule has 0 saturated carbocycles. The van der Waals surface area contributed by atoms with Crippen molar-refractivity contribution in [3.8, 4) is 0 Å². The Morgan fingerprint density at radius 3 is 2.65 bits per heavy atom. The highest BCUT2D eigenvalue weighted by molar-refractivity contribution is 5.94. The lowest BCUT2D eigenvalue weighted by Gasteiger charge is -2.24. The number of aliphatic hydroxyl groups excluding tert-OH is 1. The molecular formula is C17H20FN3O2. The summed E-state index contributed by atoms with van der Waals surface area (Å²) in [6.45, 7) is 4.25. The first-order valence-corrected chi connectivity index (χ1v) is 7.74.